The number of H-pyrrole nitrogens is 2. The molecule has 0 saturated heterocycles. The monoisotopic (exact) mass is 144 g/mol. The van der Waals surface area contributed by atoms with E-state index in [9.17, 15) is 9.18 Å². The number of hydrogen-bond acceptors (Lipinski definition) is 1. The molecule has 4 heteroatoms. The van der Waals surface area contributed by atoms with Gasteiger partial charge in [0, 0.05) is 6.20 Å². The second kappa shape index (κ2) is 1.97. The van der Waals surface area contributed by atoms with Crippen LogP contribution in [-0.4, -0.2) is 9.97 Å². The Bertz CT molecular complexity index is 268. The maximum Gasteiger partial charge on any atom is 0.323 e. The number of aromatic nitrogens is 2. The number of alkyl halides is 1. The minimum atomic E-state index is -1.47. The van der Waals surface area contributed by atoms with Crippen LogP contribution in [0.15, 0.2) is 11.0 Å². The molecular weight excluding hydrogens is 135 g/mol. The van der Waals surface area contributed by atoms with Gasteiger partial charge in [-0.3, -0.25) is 0 Å². The van der Waals surface area contributed by atoms with Crippen molar-refractivity contribution in [2.24, 2.45) is 0 Å². The first-order valence-corrected chi connectivity index (χ1v) is 2.97. The standard InChI is InChI=1S/C6H9FN2O/c1-6(2,7)4-3-8-5(10)9-4/h3H,1-2H3,(H2,8,9,10). The Morgan fingerprint density at radius 1 is 1.60 bits per heavy atom. The van der Waals surface area contributed by atoms with E-state index in [0.29, 0.717) is 0 Å². The van der Waals surface area contributed by atoms with Crippen molar-refractivity contribution >= 4 is 0 Å². The van der Waals surface area contributed by atoms with Crippen molar-refractivity contribution in [2.75, 3.05) is 0 Å². The van der Waals surface area contributed by atoms with Crippen molar-refractivity contribution in [1.82, 2.24) is 9.97 Å². The van der Waals surface area contributed by atoms with Gasteiger partial charge in [-0.15, -0.1) is 0 Å². The molecule has 0 unspecified atom stereocenters. The molecule has 1 rings (SSSR count). The Kier molecular flexibility index (Phi) is 1.39. The lowest BCUT2D eigenvalue weighted by Crippen LogP contribution is -2.11. The minimum Gasteiger partial charge on any atom is -0.313 e. The molecule has 2 N–H and O–H groups in total. The second-order valence-electron chi connectivity index (χ2n) is 2.63. The molecule has 0 saturated carbocycles. The van der Waals surface area contributed by atoms with Gasteiger partial charge in [-0.25, -0.2) is 9.18 Å². The lowest BCUT2D eigenvalue weighted by Gasteiger charge is -2.09. The van der Waals surface area contributed by atoms with Crippen LogP contribution in [0.2, 0.25) is 0 Å². The summed E-state index contributed by atoms with van der Waals surface area (Å²) in [6.07, 6.45) is 1.34. The number of aromatic amines is 2. The summed E-state index contributed by atoms with van der Waals surface area (Å²) < 4.78 is 12.9. The molecule has 0 amide bonds. The topological polar surface area (TPSA) is 48.6 Å². The zero-order valence-electron chi connectivity index (χ0n) is 5.86. The van der Waals surface area contributed by atoms with Crippen LogP contribution in [0.25, 0.3) is 0 Å². The molecule has 0 fully saturated rings. The molecule has 56 valence electrons. The van der Waals surface area contributed by atoms with E-state index in [1.165, 1.54) is 20.0 Å². The lowest BCUT2D eigenvalue weighted by atomic mass is 10.1. The highest BCUT2D eigenvalue weighted by molar-refractivity contribution is 5.04. The molecular formula is C6H9FN2O. The fourth-order valence-corrected chi connectivity index (χ4v) is 0.652. The average Bonchev–Trinajstić information content (AvgIpc) is 2.11. The Morgan fingerprint density at radius 2 is 2.20 bits per heavy atom. The fraction of sp³-hybridized carbons (Fsp3) is 0.500. The molecule has 0 aliphatic heterocycles. The fourth-order valence-electron chi connectivity index (χ4n) is 0.652. The van der Waals surface area contributed by atoms with Crippen molar-refractivity contribution in [1.29, 1.82) is 0 Å². The molecule has 1 aromatic rings. The second-order valence-corrected chi connectivity index (χ2v) is 2.63. The summed E-state index contributed by atoms with van der Waals surface area (Å²) in [6.45, 7) is 2.76. The van der Waals surface area contributed by atoms with Gasteiger partial charge in [0.15, 0.2) is 0 Å². The third-order valence-electron chi connectivity index (χ3n) is 1.24. The Labute approximate surface area is 57.3 Å². The van der Waals surface area contributed by atoms with E-state index in [-0.39, 0.29) is 11.4 Å². The van der Waals surface area contributed by atoms with Crippen molar-refractivity contribution < 1.29 is 4.39 Å². The van der Waals surface area contributed by atoms with Gasteiger partial charge in [0.05, 0.1) is 5.69 Å². The SMILES string of the molecule is CC(C)(F)c1c[nH]c(=O)[nH]1. The number of hydrogen-bond donors (Lipinski definition) is 2. The summed E-state index contributed by atoms with van der Waals surface area (Å²) in [5, 5.41) is 0. The maximum atomic E-state index is 12.9. The van der Waals surface area contributed by atoms with Gasteiger partial charge in [0.1, 0.15) is 5.67 Å². The smallest absolute Gasteiger partial charge is 0.313 e. The normalized spacial score (nSPS) is 11.9. The average molecular weight is 144 g/mol. The molecule has 3 nitrogen and oxygen atoms in total. The van der Waals surface area contributed by atoms with Crippen molar-refractivity contribution in [3.8, 4) is 0 Å². The van der Waals surface area contributed by atoms with E-state index >= 15 is 0 Å². The van der Waals surface area contributed by atoms with Crippen molar-refractivity contribution in [3.05, 3.63) is 22.4 Å². The molecule has 1 aromatic heterocycles. The molecule has 0 bridgehead atoms. The first kappa shape index (κ1) is 7.05. The molecule has 0 atom stereocenters. The predicted octanol–water partition coefficient (Wildman–Crippen LogP) is 0.908. The highest BCUT2D eigenvalue weighted by Crippen LogP contribution is 2.19. The van der Waals surface area contributed by atoms with Crippen LogP contribution in [-0.2, 0) is 5.67 Å². The van der Waals surface area contributed by atoms with Crippen LogP contribution in [0.5, 0.6) is 0 Å². The minimum absolute atomic E-state index is 0.275. The Morgan fingerprint density at radius 3 is 2.40 bits per heavy atom. The highest BCUT2D eigenvalue weighted by Gasteiger charge is 2.20. The van der Waals surface area contributed by atoms with E-state index in [4.69, 9.17) is 0 Å². The van der Waals surface area contributed by atoms with Gasteiger partial charge >= 0.3 is 5.69 Å². The summed E-state index contributed by atoms with van der Waals surface area (Å²) in [7, 11) is 0. The Balaban J connectivity index is 3.07. The molecule has 0 aliphatic rings. The zero-order chi connectivity index (χ0) is 7.78. The summed E-state index contributed by atoms with van der Waals surface area (Å²) in [5.74, 6) is 0. The van der Waals surface area contributed by atoms with Gasteiger partial charge < -0.3 is 9.97 Å². The third kappa shape index (κ3) is 1.26. The predicted molar refractivity (Wildman–Crippen MR) is 35.5 cm³/mol. The number of imidazole rings is 1. The molecule has 0 aromatic carbocycles. The molecule has 10 heavy (non-hydrogen) atoms. The van der Waals surface area contributed by atoms with Crippen LogP contribution in [0.1, 0.15) is 19.5 Å². The summed E-state index contributed by atoms with van der Waals surface area (Å²) >= 11 is 0. The van der Waals surface area contributed by atoms with Gasteiger partial charge in [-0.1, -0.05) is 0 Å². The summed E-state index contributed by atoms with van der Waals surface area (Å²) in [6, 6.07) is 0. The third-order valence-corrected chi connectivity index (χ3v) is 1.24. The first-order chi connectivity index (χ1) is 4.50. The largest absolute Gasteiger partial charge is 0.323 e. The van der Waals surface area contributed by atoms with Gasteiger partial charge in [-0.2, -0.15) is 0 Å². The van der Waals surface area contributed by atoms with E-state index in [2.05, 4.69) is 9.97 Å². The van der Waals surface area contributed by atoms with Crippen LogP contribution >= 0.6 is 0 Å². The van der Waals surface area contributed by atoms with Crippen LogP contribution < -0.4 is 5.69 Å². The van der Waals surface area contributed by atoms with Gasteiger partial charge in [0.2, 0.25) is 0 Å². The lowest BCUT2D eigenvalue weighted by molar-refractivity contribution is 0.215. The van der Waals surface area contributed by atoms with Crippen LogP contribution in [0, 0.1) is 0 Å². The Hall–Kier alpha value is -1.06. The number of rotatable bonds is 1. The molecule has 0 radical (unpaired) electrons. The molecule has 1 heterocycles. The van der Waals surface area contributed by atoms with E-state index in [1.54, 1.807) is 0 Å². The molecule has 0 spiro atoms. The molecule has 0 aliphatic carbocycles. The summed E-state index contributed by atoms with van der Waals surface area (Å²) in [5.41, 5.74) is -1.57. The zero-order valence-corrected chi connectivity index (χ0v) is 5.86. The van der Waals surface area contributed by atoms with Crippen LogP contribution in [0.4, 0.5) is 4.39 Å². The van der Waals surface area contributed by atoms with E-state index < -0.39 is 5.67 Å². The van der Waals surface area contributed by atoms with Crippen LogP contribution in [0.3, 0.4) is 0 Å². The van der Waals surface area contributed by atoms with Crippen molar-refractivity contribution in [3.63, 3.8) is 0 Å². The van der Waals surface area contributed by atoms with E-state index in [0.717, 1.165) is 0 Å². The quantitative estimate of drug-likeness (QED) is 0.604. The van der Waals surface area contributed by atoms with E-state index in [1.807, 2.05) is 0 Å². The highest BCUT2D eigenvalue weighted by atomic mass is 19.1. The number of halogens is 1. The summed E-state index contributed by atoms with van der Waals surface area (Å²) in [4.78, 5) is 15.1. The van der Waals surface area contributed by atoms with Gasteiger partial charge in [-0.05, 0) is 13.8 Å². The van der Waals surface area contributed by atoms with Crippen molar-refractivity contribution in [2.45, 2.75) is 19.5 Å². The number of nitrogens with one attached hydrogen (secondary N) is 2. The maximum absolute atomic E-state index is 12.9. The first-order valence-electron chi connectivity index (χ1n) is 2.97. The van der Waals surface area contributed by atoms with Gasteiger partial charge in [0.25, 0.3) is 0 Å².